The number of hydrogen-bond acceptors (Lipinski definition) is 3. The minimum Gasteiger partial charge on any atom is -0.491 e. The van der Waals surface area contributed by atoms with Crippen LogP contribution in [0.2, 0.25) is 0 Å². The summed E-state index contributed by atoms with van der Waals surface area (Å²) in [6, 6.07) is 16.1. The zero-order valence-electron chi connectivity index (χ0n) is 17.2. The number of para-hydroxylation sites is 3. The zero-order chi connectivity index (χ0) is 20.1. The molecule has 1 heterocycles. The molecule has 1 amide bonds. The molecule has 5 heteroatoms. The Morgan fingerprint density at radius 1 is 1.11 bits per heavy atom. The average molecular weight is 380 g/mol. The molecule has 0 aliphatic rings. The minimum atomic E-state index is -0.387. The third-order valence-corrected chi connectivity index (χ3v) is 4.72. The van der Waals surface area contributed by atoms with Crippen LogP contribution in [-0.4, -0.2) is 28.6 Å². The van der Waals surface area contributed by atoms with Gasteiger partial charge in [-0.05, 0) is 30.7 Å². The summed E-state index contributed by atoms with van der Waals surface area (Å²) >= 11 is 0. The third kappa shape index (κ3) is 4.71. The monoisotopic (exact) mass is 379 g/mol. The smallest absolute Gasteiger partial charge is 0.225 e. The molecule has 1 N–H and O–H groups in total. The number of aromatic nitrogens is 2. The summed E-state index contributed by atoms with van der Waals surface area (Å²) in [5.41, 5.74) is 2.80. The van der Waals surface area contributed by atoms with Crippen molar-refractivity contribution in [1.29, 1.82) is 0 Å². The number of carbonyl (C=O) groups is 1. The number of hydrogen-bond donors (Lipinski definition) is 1. The molecule has 28 heavy (non-hydrogen) atoms. The van der Waals surface area contributed by atoms with E-state index >= 15 is 0 Å². The molecule has 3 rings (SSSR count). The lowest BCUT2D eigenvalue weighted by atomic mass is 9.96. The molecule has 0 bridgehead atoms. The van der Waals surface area contributed by atoms with Gasteiger partial charge in [0.2, 0.25) is 5.91 Å². The van der Waals surface area contributed by atoms with Gasteiger partial charge < -0.3 is 14.6 Å². The van der Waals surface area contributed by atoms with Crippen molar-refractivity contribution in [3.05, 3.63) is 59.9 Å². The van der Waals surface area contributed by atoms with Crippen molar-refractivity contribution >= 4 is 16.9 Å². The second kappa shape index (κ2) is 8.46. The lowest BCUT2D eigenvalue weighted by Gasteiger charge is -2.17. The van der Waals surface area contributed by atoms with Crippen LogP contribution in [0.3, 0.4) is 0 Å². The first-order chi connectivity index (χ1) is 13.4. The van der Waals surface area contributed by atoms with E-state index in [1.54, 1.807) is 0 Å². The number of aryl methyl sites for hydroxylation is 1. The Morgan fingerprint density at radius 3 is 2.57 bits per heavy atom. The van der Waals surface area contributed by atoms with Crippen LogP contribution in [0.25, 0.3) is 11.0 Å². The van der Waals surface area contributed by atoms with Crippen LogP contribution < -0.4 is 10.1 Å². The predicted molar refractivity (Wildman–Crippen MR) is 113 cm³/mol. The first kappa shape index (κ1) is 19.9. The number of carbonyl (C=O) groups excluding carboxylic acids is 1. The molecule has 0 aliphatic heterocycles. The molecule has 0 fully saturated rings. The number of imidazole rings is 1. The van der Waals surface area contributed by atoms with E-state index < -0.39 is 0 Å². The summed E-state index contributed by atoms with van der Waals surface area (Å²) < 4.78 is 8.17. The predicted octanol–water partition coefficient (Wildman–Crippen LogP) is 4.13. The van der Waals surface area contributed by atoms with Crippen molar-refractivity contribution in [1.82, 2.24) is 14.9 Å². The second-order valence-corrected chi connectivity index (χ2v) is 8.04. The Bertz CT molecular complexity index is 954. The van der Waals surface area contributed by atoms with E-state index in [1.807, 2.05) is 70.2 Å². The van der Waals surface area contributed by atoms with Crippen molar-refractivity contribution in [3.63, 3.8) is 0 Å². The number of ether oxygens (including phenoxy) is 1. The summed E-state index contributed by atoms with van der Waals surface area (Å²) in [4.78, 5) is 16.9. The van der Waals surface area contributed by atoms with Crippen molar-refractivity contribution < 1.29 is 9.53 Å². The number of nitrogens with zero attached hydrogens (tertiary/aromatic N) is 2. The van der Waals surface area contributed by atoms with Crippen LogP contribution in [0.5, 0.6) is 5.75 Å². The molecule has 0 unspecified atom stereocenters. The Balaban J connectivity index is 1.70. The highest BCUT2D eigenvalue weighted by molar-refractivity contribution is 5.81. The van der Waals surface area contributed by atoms with Crippen LogP contribution in [-0.2, 0) is 17.8 Å². The van der Waals surface area contributed by atoms with E-state index in [9.17, 15) is 4.79 Å². The van der Waals surface area contributed by atoms with Crippen molar-refractivity contribution in [2.24, 2.45) is 5.41 Å². The minimum absolute atomic E-state index is 0.0537. The third-order valence-electron chi connectivity index (χ3n) is 4.72. The average Bonchev–Trinajstić information content (AvgIpc) is 3.00. The standard InChI is InChI=1S/C23H29N3O2/c1-17-9-5-8-12-20(17)28-16-15-26-19-11-7-6-10-18(19)25-21(26)13-14-24-22(27)23(2,3)4/h5-12H,13-16H2,1-4H3,(H,24,27). The summed E-state index contributed by atoms with van der Waals surface area (Å²) in [6.07, 6.45) is 0.681. The van der Waals surface area contributed by atoms with E-state index in [4.69, 9.17) is 9.72 Å². The molecule has 0 spiro atoms. The molecule has 3 aromatic rings. The Hall–Kier alpha value is -2.82. The van der Waals surface area contributed by atoms with Gasteiger partial charge in [-0.3, -0.25) is 4.79 Å². The van der Waals surface area contributed by atoms with Gasteiger partial charge >= 0.3 is 0 Å². The van der Waals surface area contributed by atoms with Gasteiger partial charge in [0.15, 0.2) is 0 Å². The number of fused-ring (bicyclic) bond motifs is 1. The topological polar surface area (TPSA) is 56.1 Å². The number of nitrogens with one attached hydrogen (secondary N) is 1. The summed E-state index contributed by atoms with van der Waals surface area (Å²) in [6.45, 7) is 9.63. The zero-order valence-corrected chi connectivity index (χ0v) is 17.2. The Morgan fingerprint density at radius 2 is 1.82 bits per heavy atom. The van der Waals surface area contributed by atoms with E-state index in [-0.39, 0.29) is 11.3 Å². The molecular formula is C23H29N3O2. The highest BCUT2D eigenvalue weighted by Crippen LogP contribution is 2.19. The fourth-order valence-electron chi connectivity index (χ4n) is 3.08. The van der Waals surface area contributed by atoms with Gasteiger partial charge in [-0.2, -0.15) is 0 Å². The van der Waals surface area contributed by atoms with Crippen LogP contribution in [0.4, 0.5) is 0 Å². The number of benzene rings is 2. The van der Waals surface area contributed by atoms with Crippen LogP contribution in [0.1, 0.15) is 32.2 Å². The quantitative estimate of drug-likeness (QED) is 0.672. The lowest BCUT2D eigenvalue weighted by Crippen LogP contribution is -2.36. The SMILES string of the molecule is Cc1ccccc1OCCn1c(CCNC(=O)C(C)(C)C)nc2ccccc21. The number of rotatable bonds is 7. The van der Waals surface area contributed by atoms with E-state index in [0.29, 0.717) is 26.1 Å². The summed E-state index contributed by atoms with van der Waals surface area (Å²) in [5, 5.41) is 3.01. The Labute approximate surface area is 166 Å². The first-order valence-electron chi connectivity index (χ1n) is 9.77. The van der Waals surface area contributed by atoms with Gasteiger partial charge in [0.1, 0.15) is 18.2 Å². The normalized spacial score (nSPS) is 11.6. The molecule has 0 aliphatic carbocycles. The lowest BCUT2D eigenvalue weighted by molar-refractivity contribution is -0.128. The first-order valence-corrected chi connectivity index (χ1v) is 9.77. The molecule has 0 saturated heterocycles. The van der Waals surface area contributed by atoms with Crippen molar-refractivity contribution in [2.75, 3.05) is 13.2 Å². The molecule has 0 atom stereocenters. The van der Waals surface area contributed by atoms with Gasteiger partial charge in [0.25, 0.3) is 0 Å². The molecule has 0 radical (unpaired) electrons. The summed E-state index contributed by atoms with van der Waals surface area (Å²) in [5.74, 6) is 1.92. The molecular weight excluding hydrogens is 350 g/mol. The fraction of sp³-hybridized carbons (Fsp3) is 0.391. The molecule has 5 nitrogen and oxygen atoms in total. The maximum Gasteiger partial charge on any atom is 0.225 e. The highest BCUT2D eigenvalue weighted by atomic mass is 16.5. The van der Waals surface area contributed by atoms with Gasteiger partial charge in [-0.1, -0.05) is 51.1 Å². The van der Waals surface area contributed by atoms with Gasteiger partial charge in [-0.15, -0.1) is 0 Å². The highest BCUT2D eigenvalue weighted by Gasteiger charge is 2.20. The van der Waals surface area contributed by atoms with E-state index in [2.05, 4.69) is 16.0 Å². The summed E-state index contributed by atoms with van der Waals surface area (Å²) in [7, 11) is 0. The van der Waals surface area contributed by atoms with Crippen molar-refractivity contribution in [2.45, 2.75) is 40.7 Å². The largest absolute Gasteiger partial charge is 0.491 e. The maximum absolute atomic E-state index is 12.1. The van der Waals surface area contributed by atoms with Gasteiger partial charge in [0, 0.05) is 18.4 Å². The van der Waals surface area contributed by atoms with E-state index in [0.717, 1.165) is 28.2 Å². The number of amides is 1. The second-order valence-electron chi connectivity index (χ2n) is 8.04. The van der Waals surface area contributed by atoms with Crippen LogP contribution >= 0.6 is 0 Å². The molecule has 148 valence electrons. The van der Waals surface area contributed by atoms with Crippen LogP contribution in [0.15, 0.2) is 48.5 Å². The molecule has 0 saturated carbocycles. The Kier molecular flexibility index (Phi) is 6.02. The maximum atomic E-state index is 12.1. The fourth-order valence-corrected chi connectivity index (χ4v) is 3.08. The van der Waals surface area contributed by atoms with E-state index in [1.165, 1.54) is 0 Å². The van der Waals surface area contributed by atoms with Crippen molar-refractivity contribution in [3.8, 4) is 5.75 Å². The molecule has 2 aromatic carbocycles. The van der Waals surface area contributed by atoms with Gasteiger partial charge in [-0.25, -0.2) is 4.98 Å². The van der Waals surface area contributed by atoms with Gasteiger partial charge in [0.05, 0.1) is 17.6 Å². The van der Waals surface area contributed by atoms with Crippen LogP contribution in [0, 0.1) is 12.3 Å². The molecule has 1 aromatic heterocycles.